The number of hydrogen-bond donors (Lipinski definition) is 1. The van der Waals surface area contributed by atoms with E-state index in [0.717, 1.165) is 25.1 Å². The molecule has 1 fully saturated rings. The number of methoxy groups -OCH3 is 1. The van der Waals surface area contributed by atoms with Crippen molar-refractivity contribution in [1.29, 1.82) is 0 Å². The van der Waals surface area contributed by atoms with E-state index >= 15 is 0 Å². The lowest BCUT2D eigenvalue weighted by atomic mass is 10.0. The SMILES string of the molecule is COCCC1(CNCc2cc([N+](=O)[O-])ccc2Cl)CC1. The van der Waals surface area contributed by atoms with Gasteiger partial charge in [0.2, 0.25) is 0 Å². The van der Waals surface area contributed by atoms with Crippen LogP contribution in [0.15, 0.2) is 18.2 Å². The highest BCUT2D eigenvalue weighted by atomic mass is 35.5. The van der Waals surface area contributed by atoms with Crippen LogP contribution in [0.3, 0.4) is 0 Å². The van der Waals surface area contributed by atoms with Gasteiger partial charge in [0.05, 0.1) is 4.92 Å². The topological polar surface area (TPSA) is 64.4 Å². The van der Waals surface area contributed by atoms with E-state index < -0.39 is 4.92 Å². The maximum Gasteiger partial charge on any atom is 0.269 e. The lowest BCUT2D eigenvalue weighted by molar-refractivity contribution is -0.384. The van der Waals surface area contributed by atoms with E-state index in [1.807, 2.05) is 0 Å². The third-order valence-corrected chi connectivity index (χ3v) is 4.22. The van der Waals surface area contributed by atoms with E-state index in [1.165, 1.54) is 25.0 Å². The molecule has 0 radical (unpaired) electrons. The highest BCUT2D eigenvalue weighted by molar-refractivity contribution is 6.31. The van der Waals surface area contributed by atoms with Crippen molar-refractivity contribution in [3.05, 3.63) is 38.9 Å². The highest BCUT2D eigenvalue weighted by Crippen LogP contribution is 2.48. The summed E-state index contributed by atoms with van der Waals surface area (Å²) >= 11 is 6.07. The lowest BCUT2D eigenvalue weighted by Crippen LogP contribution is -2.24. The first-order valence-electron chi connectivity index (χ1n) is 6.69. The molecule has 0 heterocycles. The number of benzene rings is 1. The molecule has 0 atom stereocenters. The summed E-state index contributed by atoms with van der Waals surface area (Å²) in [5.41, 5.74) is 1.19. The third kappa shape index (κ3) is 3.91. The Balaban J connectivity index is 1.88. The minimum absolute atomic E-state index is 0.0757. The van der Waals surface area contributed by atoms with E-state index in [9.17, 15) is 10.1 Å². The van der Waals surface area contributed by atoms with Crippen LogP contribution in [-0.4, -0.2) is 25.2 Å². The van der Waals surface area contributed by atoms with Crippen LogP contribution in [0.25, 0.3) is 0 Å². The zero-order valence-electron chi connectivity index (χ0n) is 11.5. The Bertz CT molecular complexity index is 489. The number of nitro benzene ring substituents is 1. The summed E-state index contributed by atoms with van der Waals surface area (Å²) < 4.78 is 5.12. The molecule has 5 nitrogen and oxygen atoms in total. The Labute approximate surface area is 123 Å². The molecule has 6 heteroatoms. The van der Waals surface area contributed by atoms with Crippen LogP contribution < -0.4 is 5.32 Å². The minimum atomic E-state index is -0.402. The van der Waals surface area contributed by atoms with Gasteiger partial charge in [-0.3, -0.25) is 10.1 Å². The predicted molar refractivity (Wildman–Crippen MR) is 78.0 cm³/mol. The zero-order chi connectivity index (χ0) is 14.6. The van der Waals surface area contributed by atoms with Crippen molar-refractivity contribution in [2.45, 2.75) is 25.8 Å². The van der Waals surface area contributed by atoms with Crippen LogP contribution in [0, 0.1) is 15.5 Å². The van der Waals surface area contributed by atoms with Crippen molar-refractivity contribution in [2.75, 3.05) is 20.3 Å². The summed E-state index contributed by atoms with van der Waals surface area (Å²) in [4.78, 5) is 10.4. The molecule has 1 aromatic carbocycles. The standard InChI is InChI=1S/C14H19ClN2O3/c1-20-7-6-14(4-5-14)10-16-9-11-8-12(17(18)19)2-3-13(11)15/h2-3,8,16H,4-7,9-10H2,1H3. The van der Waals surface area contributed by atoms with Gasteiger partial charge in [0.1, 0.15) is 0 Å². The number of halogens is 1. The maximum absolute atomic E-state index is 10.8. The van der Waals surface area contributed by atoms with Crippen molar-refractivity contribution in [3.63, 3.8) is 0 Å². The fourth-order valence-electron chi connectivity index (χ4n) is 2.28. The van der Waals surface area contributed by atoms with Crippen LogP contribution in [0.5, 0.6) is 0 Å². The van der Waals surface area contributed by atoms with E-state index in [-0.39, 0.29) is 5.69 Å². The molecule has 20 heavy (non-hydrogen) atoms. The van der Waals surface area contributed by atoms with Gasteiger partial charge in [0, 0.05) is 44.0 Å². The second kappa shape index (κ2) is 6.52. The third-order valence-electron chi connectivity index (χ3n) is 3.85. The van der Waals surface area contributed by atoms with Crippen molar-refractivity contribution >= 4 is 17.3 Å². The highest BCUT2D eigenvalue weighted by Gasteiger charge is 2.41. The molecule has 0 amide bonds. The van der Waals surface area contributed by atoms with Gasteiger partial charge < -0.3 is 10.1 Å². The van der Waals surface area contributed by atoms with Gasteiger partial charge in [-0.05, 0) is 36.3 Å². The lowest BCUT2D eigenvalue weighted by Gasteiger charge is -2.15. The monoisotopic (exact) mass is 298 g/mol. The summed E-state index contributed by atoms with van der Waals surface area (Å²) in [7, 11) is 1.71. The molecule has 0 saturated heterocycles. The molecule has 1 aliphatic carbocycles. The van der Waals surface area contributed by atoms with E-state index in [1.54, 1.807) is 13.2 Å². The van der Waals surface area contributed by atoms with E-state index in [4.69, 9.17) is 16.3 Å². The summed E-state index contributed by atoms with van der Waals surface area (Å²) in [6, 6.07) is 4.53. The summed E-state index contributed by atoms with van der Waals surface area (Å²) in [6.45, 7) is 2.23. The molecular formula is C14H19ClN2O3. The molecule has 1 N–H and O–H groups in total. The molecule has 2 rings (SSSR count). The first-order valence-corrected chi connectivity index (χ1v) is 7.07. The number of nitro groups is 1. The Hall–Kier alpha value is -1.17. The number of nitrogens with one attached hydrogen (secondary N) is 1. The fourth-order valence-corrected chi connectivity index (χ4v) is 2.47. The predicted octanol–water partition coefficient (Wildman–Crippen LogP) is 3.15. The van der Waals surface area contributed by atoms with Crippen molar-refractivity contribution in [3.8, 4) is 0 Å². The van der Waals surface area contributed by atoms with Crippen LogP contribution in [-0.2, 0) is 11.3 Å². The number of nitrogens with zero attached hydrogens (tertiary/aromatic N) is 1. The molecule has 1 aromatic rings. The number of hydrogen-bond acceptors (Lipinski definition) is 4. The van der Waals surface area contributed by atoms with Gasteiger partial charge in [-0.15, -0.1) is 0 Å². The second-order valence-electron chi connectivity index (χ2n) is 5.38. The van der Waals surface area contributed by atoms with Crippen molar-refractivity contribution in [2.24, 2.45) is 5.41 Å². The number of ether oxygens (including phenoxy) is 1. The molecular weight excluding hydrogens is 280 g/mol. The van der Waals surface area contributed by atoms with Gasteiger partial charge in [0.25, 0.3) is 5.69 Å². The van der Waals surface area contributed by atoms with E-state index in [0.29, 0.717) is 17.0 Å². The van der Waals surface area contributed by atoms with Crippen LogP contribution in [0.2, 0.25) is 5.02 Å². The van der Waals surface area contributed by atoms with Crippen LogP contribution in [0.4, 0.5) is 5.69 Å². The second-order valence-corrected chi connectivity index (χ2v) is 5.79. The molecule has 1 aliphatic rings. The Morgan fingerprint density at radius 2 is 2.25 bits per heavy atom. The van der Waals surface area contributed by atoms with E-state index in [2.05, 4.69) is 5.32 Å². The summed E-state index contributed by atoms with van der Waals surface area (Å²) in [5, 5.41) is 14.7. The molecule has 0 aliphatic heterocycles. The van der Waals surface area contributed by atoms with Crippen LogP contribution >= 0.6 is 11.6 Å². The van der Waals surface area contributed by atoms with Gasteiger partial charge in [-0.25, -0.2) is 0 Å². The van der Waals surface area contributed by atoms with Crippen molar-refractivity contribution in [1.82, 2.24) is 5.32 Å². The average molecular weight is 299 g/mol. The van der Waals surface area contributed by atoms with Gasteiger partial charge in [-0.1, -0.05) is 11.6 Å². The average Bonchev–Trinajstić information content (AvgIpc) is 3.19. The Kier molecular flexibility index (Phi) is 4.96. The quantitative estimate of drug-likeness (QED) is 0.591. The molecule has 1 saturated carbocycles. The zero-order valence-corrected chi connectivity index (χ0v) is 12.3. The molecule has 0 unspecified atom stereocenters. The first-order chi connectivity index (χ1) is 9.56. The smallest absolute Gasteiger partial charge is 0.269 e. The molecule has 0 aromatic heterocycles. The normalized spacial score (nSPS) is 16.1. The van der Waals surface area contributed by atoms with Gasteiger partial charge in [-0.2, -0.15) is 0 Å². The largest absolute Gasteiger partial charge is 0.385 e. The fraction of sp³-hybridized carbons (Fsp3) is 0.571. The van der Waals surface area contributed by atoms with Gasteiger partial charge in [0.15, 0.2) is 0 Å². The molecule has 0 spiro atoms. The first kappa shape index (κ1) is 15.2. The van der Waals surface area contributed by atoms with Crippen LogP contribution in [0.1, 0.15) is 24.8 Å². The summed E-state index contributed by atoms with van der Waals surface area (Å²) in [5.74, 6) is 0. The minimum Gasteiger partial charge on any atom is -0.385 e. The maximum atomic E-state index is 10.8. The Morgan fingerprint density at radius 1 is 1.50 bits per heavy atom. The summed E-state index contributed by atoms with van der Waals surface area (Å²) in [6.07, 6.45) is 3.48. The number of rotatable bonds is 8. The van der Waals surface area contributed by atoms with Crippen molar-refractivity contribution < 1.29 is 9.66 Å². The Morgan fingerprint density at radius 3 is 2.85 bits per heavy atom. The number of non-ortho nitro benzene ring substituents is 1. The molecule has 110 valence electrons. The molecule has 0 bridgehead atoms. The van der Waals surface area contributed by atoms with Gasteiger partial charge >= 0.3 is 0 Å².